The van der Waals surface area contributed by atoms with Crippen molar-refractivity contribution in [3.05, 3.63) is 59.4 Å². The number of anilines is 1. The SMILES string of the molecule is COc1ccc(CN2C(=O)[C@@H]3C(C(C)O)NC4(C(=O)Nc5ccc(F)cc54)[C@@H]3C2=O)cc1. The number of hydrogen-bond acceptors (Lipinski definition) is 6. The average molecular weight is 439 g/mol. The number of benzene rings is 2. The molecule has 32 heavy (non-hydrogen) atoms. The first-order valence-electron chi connectivity index (χ1n) is 10.3. The lowest BCUT2D eigenvalue weighted by Crippen LogP contribution is -2.54. The number of ether oxygens (including phenoxy) is 1. The number of halogens is 1. The minimum atomic E-state index is -1.63. The maximum atomic E-state index is 14.1. The van der Waals surface area contributed by atoms with Crippen LogP contribution in [0.15, 0.2) is 42.5 Å². The Balaban J connectivity index is 1.58. The first-order valence-corrected chi connectivity index (χ1v) is 10.3. The van der Waals surface area contributed by atoms with Crippen LogP contribution in [0.2, 0.25) is 0 Å². The van der Waals surface area contributed by atoms with Gasteiger partial charge in [0, 0.05) is 17.3 Å². The number of amides is 3. The highest BCUT2D eigenvalue weighted by Gasteiger charge is 2.71. The lowest BCUT2D eigenvalue weighted by atomic mass is 9.76. The van der Waals surface area contributed by atoms with E-state index >= 15 is 0 Å². The quantitative estimate of drug-likeness (QED) is 0.617. The summed E-state index contributed by atoms with van der Waals surface area (Å²) in [6, 6.07) is 9.96. The molecule has 2 fully saturated rings. The van der Waals surface area contributed by atoms with E-state index in [1.807, 2.05) is 0 Å². The van der Waals surface area contributed by atoms with Crippen LogP contribution in [-0.2, 0) is 26.5 Å². The Labute approximate surface area is 183 Å². The normalized spacial score (nSPS) is 29.3. The number of carbonyl (C=O) groups is 3. The number of nitrogens with zero attached hydrogens (tertiary/aromatic N) is 1. The molecule has 0 radical (unpaired) electrons. The largest absolute Gasteiger partial charge is 0.497 e. The number of hydrogen-bond donors (Lipinski definition) is 3. The molecule has 5 atom stereocenters. The van der Waals surface area contributed by atoms with Gasteiger partial charge < -0.3 is 15.2 Å². The molecule has 3 amide bonds. The minimum Gasteiger partial charge on any atom is -0.497 e. The highest BCUT2D eigenvalue weighted by molar-refractivity contribution is 6.15. The molecule has 0 aliphatic carbocycles. The van der Waals surface area contributed by atoms with E-state index in [1.54, 1.807) is 31.4 Å². The van der Waals surface area contributed by atoms with Gasteiger partial charge in [0.05, 0.1) is 31.6 Å². The average Bonchev–Trinajstić information content (AvgIpc) is 3.36. The molecule has 0 bridgehead atoms. The summed E-state index contributed by atoms with van der Waals surface area (Å²) < 4.78 is 19.3. The van der Waals surface area contributed by atoms with Crippen LogP contribution in [0.25, 0.3) is 0 Å². The standard InChI is InChI=1S/C23H22FN3O5/c1-11(28)19-17-18(23(26-19)15-9-13(24)5-8-16(15)25-22(23)31)21(30)27(20(17)29)10-12-3-6-14(32-2)7-4-12/h3-9,11,17-19,26,28H,10H2,1-2H3,(H,25,31)/t11?,17-,18-,19?,23?/m0/s1. The monoisotopic (exact) mass is 439 g/mol. The number of fused-ring (bicyclic) bond motifs is 4. The van der Waals surface area contributed by atoms with Crippen molar-refractivity contribution in [2.45, 2.75) is 31.2 Å². The molecule has 3 aliphatic rings. The number of aliphatic hydroxyl groups excluding tert-OH is 1. The van der Waals surface area contributed by atoms with Crippen LogP contribution >= 0.6 is 0 Å². The summed E-state index contributed by atoms with van der Waals surface area (Å²) in [5.41, 5.74) is -0.272. The van der Waals surface area contributed by atoms with Gasteiger partial charge >= 0.3 is 0 Å². The van der Waals surface area contributed by atoms with E-state index in [0.29, 0.717) is 17.0 Å². The molecule has 1 spiro atoms. The van der Waals surface area contributed by atoms with Crippen LogP contribution in [-0.4, -0.2) is 47.0 Å². The first kappa shape index (κ1) is 20.6. The van der Waals surface area contributed by atoms with Gasteiger partial charge in [-0.3, -0.25) is 24.6 Å². The Bertz CT molecular complexity index is 1130. The molecule has 0 aromatic heterocycles. The van der Waals surface area contributed by atoms with E-state index in [2.05, 4.69) is 10.6 Å². The minimum absolute atomic E-state index is 0.0227. The molecule has 5 rings (SSSR count). The second-order valence-electron chi connectivity index (χ2n) is 8.48. The van der Waals surface area contributed by atoms with E-state index in [4.69, 9.17) is 4.74 Å². The third-order valence-electron chi connectivity index (χ3n) is 6.72. The molecule has 3 N–H and O–H groups in total. The number of methoxy groups -OCH3 is 1. The summed E-state index contributed by atoms with van der Waals surface area (Å²) in [6.07, 6.45) is -1.02. The number of rotatable bonds is 4. The van der Waals surface area contributed by atoms with Crippen molar-refractivity contribution in [3.63, 3.8) is 0 Å². The van der Waals surface area contributed by atoms with Gasteiger partial charge in [0.2, 0.25) is 17.7 Å². The molecular weight excluding hydrogens is 417 g/mol. The van der Waals surface area contributed by atoms with Crippen molar-refractivity contribution in [1.82, 2.24) is 10.2 Å². The smallest absolute Gasteiger partial charge is 0.250 e. The third-order valence-corrected chi connectivity index (χ3v) is 6.72. The van der Waals surface area contributed by atoms with E-state index in [0.717, 1.165) is 4.90 Å². The van der Waals surface area contributed by atoms with Gasteiger partial charge in [-0.1, -0.05) is 12.1 Å². The zero-order valence-electron chi connectivity index (χ0n) is 17.5. The zero-order valence-corrected chi connectivity index (χ0v) is 17.5. The summed E-state index contributed by atoms with van der Waals surface area (Å²) in [7, 11) is 1.54. The maximum absolute atomic E-state index is 14.1. The number of imide groups is 1. The summed E-state index contributed by atoms with van der Waals surface area (Å²) >= 11 is 0. The first-order chi connectivity index (χ1) is 15.3. The van der Waals surface area contributed by atoms with Gasteiger partial charge in [-0.2, -0.15) is 0 Å². The Morgan fingerprint density at radius 3 is 2.53 bits per heavy atom. The highest BCUT2D eigenvalue weighted by atomic mass is 19.1. The number of likely N-dealkylation sites (tertiary alicyclic amines) is 1. The van der Waals surface area contributed by atoms with E-state index in [-0.39, 0.29) is 12.1 Å². The molecule has 9 heteroatoms. The van der Waals surface area contributed by atoms with Gasteiger partial charge in [0.1, 0.15) is 17.1 Å². The molecule has 2 aromatic rings. The van der Waals surface area contributed by atoms with Gasteiger partial charge in [-0.05, 0) is 42.8 Å². The summed E-state index contributed by atoms with van der Waals surface area (Å²) in [5.74, 6) is -3.52. The van der Waals surface area contributed by atoms with Crippen molar-refractivity contribution in [3.8, 4) is 5.75 Å². The number of aliphatic hydroxyl groups is 1. The lowest BCUT2D eigenvalue weighted by molar-refractivity contribution is -0.143. The molecule has 3 heterocycles. The molecule has 166 valence electrons. The van der Waals surface area contributed by atoms with Crippen LogP contribution in [0.4, 0.5) is 10.1 Å². The molecule has 8 nitrogen and oxygen atoms in total. The van der Waals surface area contributed by atoms with Crippen molar-refractivity contribution in [2.24, 2.45) is 11.8 Å². The Kier molecular flexibility index (Phi) is 4.58. The fourth-order valence-corrected chi connectivity index (χ4v) is 5.25. The fraction of sp³-hybridized carbons (Fsp3) is 0.348. The van der Waals surface area contributed by atoms with E-state index < -0.39 is 53.1 Å². The Morgan fingerprint density at radius 2 is 1.88 bits per heavy atom. The second-order valence-corrected chi connectivity index (χ2v) is 8.48. The summed E-state index contributed by atoms with van der Waals surface area (Å²) in [4.78, 5) is 41.3. The van der Waals surface area contributed by atoms with Crippen molar-refractivity contribution in [2.75, 3.05) is 12.4 Å². The topological polar surface area (TPSA) is 108 Å². The third kappa shape index (κ3) is 2.71. The van der Waals surface area contributed by atoms with E-state index in [1.165, 1.54) is 25.1 Å². The molecule has 0 saturated carbocycles. The second kappa shape index (κ2) is 7.11. The fourth-order valence-electron chi connectivity index (χ4n) is 5.25. The Morgan fingerprint density at radius 1 is 1.16 bits per heavy atom. The highest BCUT2D eigenvalue weighted by Crippen LogP contribution is 2.53. The van der Waals surface area contributed by atoms with Crippen LogP contribution in [0.3, 0.4) is 0 Å². The maximum Gasteiger partial charge on any atom is 0.250 e. The number of carbonyl (C=O) groups excluding carboxylic acids is 3. The number of nitrogens with one attached hydrogen (secondary N) is 2. The summed E-state index contributed by atoms with van der Waals surface area (Å²) in [5, 5.41) is 16.1. The Hall–Kier alpha value is -3.30. The van der Waals surface area contributed by atoms with E-state index in [9.17, 15) is 23.9 Å². The van der Waals surface area contributed by atoms with Crippen molar-refractivity contribution < 1.29 is 28.6 Å². The summed E-state index contributed by atoms with van der Waals surface area (Å²) in [6.45, 7) is 1.52. The van der Waals surface area contributed by atoms with Gasteiger partial charge in [0.25, 0.3) is 0 Å². The van der Waals surface area contributed by atoms with Crippen LogP contribution in [0.5, 0.6) is 5.75 Å². The molecule has 2 aromatic carbocycles. The van der Waals surface area contributed by atoms with Crippen LogP contribution in [0.1, 0.15) is 18.1 Å². The molecule has 2 saturated heterocycles. The van der Waals surface area contributed by atoms with Crippen LogP contribution in [0, 0.1) is 17.7 Å². The molecule has 3 unspecified atom stereocenters. The van der Waals surface area contributed by atoms with Crippen LogP contribution < -0.4 is 15.4 Å². The predicted molar refractivity (Wildman–Crippen MR) is 111 cm³/mol. The lowest BCUT2D eigenvalue weighted by Gasteiger charge is -2.30. The van der Waals surface area contributed by atoms with Gasteiger partial charge in [0.15, 0.2) is 0 Å². The van der Waals surface area contributed by atoms with Gasteiger partial charge in [-0.15, -0.1) is 0 Å². The van der Waals surface area contributed by atoms with Crippen molar-refractivity contribution in [1.29, 1.82) is 0 Å². The van der Waals surface area contributed by atoms with Crippen molar-refractivity contribution >= 4 is 23.4 Å². The molecule has 3 aliphatic heterocycles. The zero-order chi connectivity index (χ0) is 22.8. The predicted octanol–water partition coefficient (Wildman–Crippen LogP) is 1.14. The van der Waals surface area contributed by atoms with Gasteiger partial charge in [-0.25, -0.2) is 4.39 Å². The molecular formula is C23H22FN3O5.